The van der Waals surface area contributed by atoms with Crippen molar-refractivity contribution in [3.8, 4) is 0 Å². The number of alkyl halides is 3. The molecule has 1 nitrogen and oxygen atoms in total. The second-order valence-electron chi connectivity index (χ2n) is 4.90. The van der Waals surface area contributed by atoms with Crippen LogP contribution >= 0.6 is 0 Å². The van der Waals surface area contributed by atoms with Crippen LogP contribution in [0.1, 0.15) is 29.9 Å². The van der Waals surface area contributed by atoms with Crippen LogP contribution in [0.2, 0.25) is 0 Å². The number of halogens is 5. The van der Waals surface area contributed by atoms with E-state index in [1.165, 1.54) is 0 Å². The maximum Gasteiger partial charge on any atom is 0.419 e. The van der Waals surface area contributed by atoms with Crippen molar-refractivity contribution in [1.82, 2.24) is 4.90 Å². The van der Waals surface area contributed by atoms with Gasteiger partial charge in [-0.15, -0.1) is 0 Å². The van der Waals surface area contributed by atoms with E-state index in [-0.39, 0.29) is 11.5 Å². The minimum absolute atomic E-state index is 0.125. The summed E-state index contributed by atoms with van der Waals surface area (Å²) in [7, 11) is 1.88. The van der Waals surface area contributed by atoms with Crippen molar-refractivity contribution < 1.29 is 22.0 Å². The average molecular weight is 279 g/mol. The van der Waals surface area contributed by atoms with Gasteiger partial charge in [-0.05, 0) is 50.5 Å². The van der Waals surface area contributed by atoms with Gasteiger partial charge in [0, 0.05) is 0 Å². The molecule has 0 radical (unpaired) electrons. The van der Waals surface area contributed by atoms with Crippen molar-refractivity contribution in [1.29, 1.82) is 0 Å². The first-order chi connectivity index (χ1) is 8.80. The van der Waals surface area contributed by atoms with E-state index in [2.05, 4.69) is 0 Å². The zero-order chi connectivity index (χ0) is 14.2. The topological polar surface area (TPSA) is 3.24 Å². The maximum atomic E-state index is 13.5. The highest BCUT2D eigenvalue weighted by molar-refractivity contribution is 5.35. The Kier molecular flexibility index (Phi) is 3.80. The van der Waals surface area contributed by atoms with Crippen LogP contribution in [-0.4, -0.2) is 25.0 Å². The summed E-state index contributed by atoms with van der Waals surface area (Å²) >= 11 is 0. The predicted molar refractivity (Wildman–Crippen MR) is 60.8 cm³/mol. The highest BCUT2D eigenvalue weighted by atomic mass is 19.4. The lowest BCUT2D eigenvalue weighted by Gasteiger charge is -2.30. The minimum Gasteiger partial charge on any atom is -0.306 e. The molecule has 0 aliphatic carbocycles. The molecule has 1 saturated heterocycles. The molecule has 1 heterocycles. The highest BCUT2D eigenvalue weighted by Crippen LogP contribution is 2.40. The van der Waals surface area contributed by atoms with Crippen molar-refractivity contribution >= 4 is 0 Å². The van der Waals surface area contributed by atoms with E-state index >= 15 is 0 Å². The summed E-state index contributed by atoms with van der Waals surface area (Å²) in [6, 6.07) is 1.84. The molecule has 19 heavy (non-hydrogen) atoms. The lowest BCUT2D eigenvalue weighted by molar-refractivity contribution is -0.141. The number of likely N-dealkylation sites (tertiary alicyclic amines) is 1. The Labute approximate surface area is 108 Å². The largest absolute Gasteiger partial charge is 0.419 e. The Balaban J connectivity index is 2.43. The quantitative estimate of drug-likeness (QED) is 0.707. The Morgan fingerprint density at radius 2 is 1.68 bits per heavy atom. The Hall–Kier alpha value is -1.17. The molecule has 1 fully saturated rings. The molecule has 1 aromatic carbocycles. The van der Waals surface area contributed by atoms with E-state index in [4.69, 9.17) is 0 Å². The van der Waals surface area contributed by atoms with Crippen LogP contribution in [0.4, 0.5) is 22.0 Å². The number of nitrogens with zero attached hydrogens (tertiary/aromatic N) is 1. The van der Waals surface area contributed by atoms with Gasteiger partial charge in [0.05, 0.1) is 5.56 Å². The molecule has 1 aliphatic heterocycles. The Bertz CT molecular complexity index is 461. The van der Waals surface area contributed by atoms with Gasteiger partial charge in [0.1, 0.15) is 0 Å². The molecule has 1 aliphatic rings. The van der Waals surface area contributed by atoms with Crippen molar-refractivity contribution in [3.05, 3.63) is 34.9 Å². The third kappa shape index (κ3) is 2.88. The molecule has 0 aromatic heterocycles. The molecule has 0 spiro atoms. The number of piperidine rings is 1. The fourth-order valence-electron chi connectivity index (χ4n) is 2.51. The zero-order valence-electron chi connectivity index (χ0n) is 10.4. The Morgan fingerprint density at radius 1 is 1.11 bits per heavy atom. The minimum atomic E-state index is -4.87. The van der Waals surface area contributed by atoms with Crippen LogP contribution < -0.4 is 0 Å². The zero-order valence-corrected chi connectivity index (χ0v) is 10.4. The molecule has 0 atom stereocenters. The van der Waals surface area contributed by atoms with Gasteiger partial charge in [-0.2, -0.15) is 13.2 Å². The summed E-state index contributed by atoms with van der Waals surface area (Å²) in [5, 5.41) is 0. The first-order valence-electron chi connectivity index (χ1n) is 6.04. The SMILES string of the molecule is CN1CCC(c2ccc(F)c(F)c2C(F)(F)F)CC1. The molecule has 0 amide bonds. The number of hydrogen-bond acceptors (Lipinski definition) is 1. The molecule has 1 aromatic rings. The highest BCUT2D eigenvalue weighted by Gasteiger charge is 2.40. The van der Waals surface area contributed by atoms with E-state index in [0.29, 0.717) is 25.9 Å². The van der Waals surface area contributed by atoms with Gasteiger partial charge in [-0.3, -0.25) is 0 Å². The molecule has 106 valence electrons. The number of benzene rings is 1. The van der Waals surface area contributed by atoms with Crippen molar-refractivity contribution in [2.75, 3.05) is 20.1 Å². The summed E-state index contributed by atoms with van der Waals surface area (Å²) < 4.78 is 65.2. The van der Waals surface area contributed by atoms with Crippen LogP contribution in [0, 0.1) is 11.6 Å². The monoisotopic (exact) mass is 279 g/mol. The van der Waals surface area contributed by atoms with Gasteiger partial charge in [0.15, 0.2) is 11.6 Å². The third-order valence-corrected chi connectivity index (χ3v) is 3.57. The van der Waals surface area contributed by atoms with Crippen LogP contribution in [0.25, 0.3) is 0 Å². The fourth-order valence-corrected chi connectivity index (χ4v) is 2.51. The van der Waals surface area contributed by atoms with Crippen LogP contribution in [-0.2, 0) is 6.18 Å². The van der Waals surface area contributed by atoms with Crippen molar-refractivity contribution in [2.45, 2.75) is 24.9 Å². The van der Waals surface area contributed by atoms with Gasteiger partial charge in [0.2, 0.25) is 0 Å². The first kappa shape index (κ1) is 14.2. The summed E-state index contributed by atoms with van der Waals surface area (Å²) in [5.74, 6) is -3.61. The van der Waals surface area contributed by atoms with Gasteiger partial charge >= 0.3 is 6.18 Å². The molecule has 0 saturated carbocycles. The smallest absolute Gasteiger partial charge is 0.306 e. The molecular formula is C13H14F5N. The van der Waals surface area contributed by atoms with E-state index < -0.39 is 23.4 Å². The summed E-state index contributed by atoms with van der Waals surface area (Å²) in [4.78, 5) is 2.00. The molecule has 0 unspecified atom stereocenters. The van der Waals surface area contributed by atoms with Crippen LogP contribution in [0.3, 0.4) is 0 Å². The van der Waals surface area contributed by atoms with Crippen molar-refractivity contribution in [2.24, 2.45) is 0 Å². The number of rotatable bonds is 1. The molecule has 0 bridgehead atoms. The van der Waals surface area contributed by atoms with E-state index in [0.717, 1.165) is 12.1 Å². The van der Waals surface area contributed by atoms with Gasteiger partial charge in [-0.1, -0.05) is 6.07 Å². The predicted octanol–water partition coefficient (Wildman–Crippen LogP) is 3.79. The summed E-state index contributed by atoms with van der Waals surface area (Å²) in [5.41, 5.74) is -1.57. The summed E-state index contributed by atoms with van der Waals surface area (Å²) in [6.07, 6.45) is -3.83. The second kappa shape index (κ2) is 5.07. The summed E-state index contributed by atoms with van der Waals surface area (Å²) in [6.45, 7) is 1.31. The van der Waals surface area contributed by atoms with Crippen LogP contribution in [0.5, 0.6) is 0 Å². The third-order valence-electron chi connectivity index (χ3n) is 3.57. The molecular weight excluding hydrogens is 265 g/mol. The van der Waals surface area contributed by atoms with E-state index in [1.54, 1.807) is 0 Å². The Morgan fingerprint density at radius 3 is 2.21 bits per heavy atom. The second-order valence-corrected chi connectivity index (χ2v) is 4.90. The first-order valence-corrected chi connectivity index (χ1v) is 6.04. The van der Waals surface area contributed by atoms with Gasteiger partial charge < -0.3 is 4.90 Å². The van der Waals surface area contributed by atoms with Crippen LogP contribution in [0.15, 0.2) is 12.1 Å². The normalized spacial score (nSPS) is 18.8. The maximum absolute atomic E-state index is 13.5. The molecule has 2 rings (SSSR count). The molecule has 0 N–H and O–H groups in total. The lowest BCUT2D eigenvalue weighted by Crippen LogP contribution is -2.30. The lowest BCUT2D eigenvalue weighted by atomic mass is 9.86. The van der Waals surface area contributed by atoms with Gasteiger partial charge in [-0.25, -0.2) is 8.78 Å². The van der Waals surface area contributed by atoms with Gasteiger partial charge in [0.25, 0.3) is 0 Å². The average Bonchev–Trinajstić information content (AvgIpc) is 2.32. The molecule has 6 heteroatoms. The number of hydrogen-bond donors (Lipinski definition) is 0. The van der Waals surface area contributed by atoms with Crippen molar-refractivity contribution in [3.63, 3.8) is 0 Å². The standard InChI is InChI=1S/C13H14F5N/c1-19-6-4-8(5-7-19)9-2-3-10(14)12(15)11(9)13(16,17)18/h2-3,8H,4-7H2,1H3. The van der Waals surface area contributed by atoms with E-state index in [1.807, 2.05) is 11.9 Å². The fraction of sp³-hybridized carbons (Fsp3) is 0.538. The van der Waals surface area contributed by atoms with E-state index in [9.17, 15) is 22.0 Å².